The summed E-state index contributed by atoms with van der Waals surface area (Å²) < 4.78 is 5.34. The normalized spacial score (nSPS) is 15.1. The number of rotatable bonds is 4. The van der Waals surface area contributed by atoms with Crippen molar-refractivity contribution in [3.8, 4) is 5.75 Å². The van der Waals surface area contributed by atoms with Gasteiger partial charge >= 0.3 is 5.69 Å². The van der Waals surface area contributed by atoms with Gasteiger partial charge in [0.05, 0.1) is 11.5 Å². The number of pyridine rings is 1. The fourth-order valence-electron chi connectivity index (χ4n) is 1.12. The molecule has 5 heteroatoms. The molecule has 0 N–H and O–H groups in total. The van der Waals surface area contributed by atoms with Crippen molar-refractivity contribution in [2.75, 3.05) is 6.61 Å². The Hall–Kier alpha value is -1.65. The van der Waals surface area contributed by atoms with Gasteiger partial charge in [-0.25, -0.2) is 0 Å². The quantitative estimate of drug-likeness (QED) is 0.541. The van der Waals surface area contributed by atoms with Crippen LogP contribution in [0.2, 0.25) is 0 Å². The number of aromatic nitrogens is 1. The number of ether oxygens (including phenoxy) is 1. The van der Waals surface area contributed by atoms with Gasteiger partial charge in [-0.05, 0) is 18.8 Å². The molecule has 1 aliphatic carbocycles. The predicted molar refractivity (Wildman–Crippen MR) is 49.1 cm³/mol. The Balaban J connectivity index is 2.09. The maximum absolute atomic E-state index is 10.6. The Morgan fingerprint density at radius 1 is 1.64 bits per heavy atom. The smallest absolute Gasteiger partial charge is 0.329 e. The van der Waals surface area contributed by atoms with Crippen LogP contribution in [0.1, 0.15) is 12.8 Å². The zero-order valence-electron chi connectivity index (χ0n) is 7.55. The van der Waals surface area contributed by atoms with E-state index in [1.807, 2.05) is 0 Å². The average molecular weight is 194 g/mol. The summed E-state index contributed by atoms with van der Waals surface area (Å²) in [6.45, 7) is 0.574. The predicted octanol–water partition coefficient (Wildman–Crippen LogP) is 1.78. The van der Waals surface area contributed by atoms with Gasteiger partial charge in [0, 0.05) is 12.3 Å². The number of nitro groups is 1. The van der Waals surface area contributed by atoms with Crippen molar-refractivity contribution in [1.82, 2.24) is 4.98 Å². The van der Waals surface area contributed by atoms with Crippen molar-refractivity contribution in [2.45, 2.75) is 12.8 Å². The second kappa shape index (κ2) is 3.61. The van der Waals surface area contributed by atoms with Crippen molar-refractivity contribution in [2.24, 2.45) is 5.92 Å². The monoisotopic (exact) mass is 194 g/mol. The van der Waals surface area contributed by atoms with Crippen molar-refractivity contribution in [1.29, 1.82) is 0 Å². The summed E-state index contributed by atoms with van der Waals surface area (Å²) in [6.07, 6.45) is 5.04. The first-order valence-electron chi connectivity index (χ1n) is 4.48. The molecular formula is C9H10N2O3. The van der Waals surface area contributed by atoms with E-state index in [-0.39, 0.29) is 5.69 Å². The van der Waals surface area contributed by atoms with Gasteiger partial charge in [-0.1, -0.05) is 0 Å². The molecule has 0 unspecified atom stereocenters. The topological polar surface area (TPSA) is 65.3 Å². The summed E-state index contributed by atoms with van der Waals surface area (Å²) in [4.78, 5) is 13.8. The lowest BCUT2D eigenvalue weighted by atomic mass is 10.4. The Bertz CT molecular complexity index is 350. The minimum absolute atomic E-state index is 0.0619. The standard InChI is InChI=1S/C9H10N2O3/c12-11(13)8-5-10-4-3-9(8)14-6-7-1-2-7/h3-5,7H,1-2,6H2. The summed E-state index contributed by atoms with van der Waals surface area (Å²) in [5.41, 5.74) is -0.0619. The van der Waals surface area contributed by atoms with Crippen molar-refractivity contribution in [3.05, 3.63) is 28.6 Å². The van der Waals surface area contributed by atoms with Gasteiger partial charge in [-0.15, -0.1) is 0 Å². The van der Waals surface area contributed by atoms with E-state index in [2.05, 4.69) is 4.98 Å². The summed E-state index contributed by atoms with van der Waals surface area (Å²) in [5.74, 6) is 0.902. The molecule has 0 spiro atoms. The van der Waals surface area contributed by atoms with Crippen molar-refractivity contribution in [3.63, 3.8) is 0 Å². The van der Waals surface area contributed by atoms with Gasteiger partial charge in [0.15, 0.2) is 5.75 Å². The highest BCUT2D eigenvalue weighted by Gasteiger charge is 2.23. The molecule has 0 atom stereocenters. The van der Waals surface area contributed by atoms with Crippen LogP contribution in [0.5, 0.6) is 5.75 Å². The molecule has 0 aliphatic heterocycles. The van der Waals surface area contributed by atoms with Gasteiger partial charge < -0.3 is 4.74 Å². The van der Waals surface area contributed by atoms with Gasteiger partial charge in [0.1, 0.15) is 6.20 Å². The summed E-state index contributed by atoms with van der Waals surface area (Å²) >= 11 is 0. The highest BCUT2D eigenvalue weighted by atomic mass is 16.6. The maximum atomic E-state index is 10.6. The van der Waals surface area contributed by atoms with Gasteiger partial charge in [0.2, 0.25) is 0 Å². The molecule has 1 fully saturated rings. The molecule has 1 saturated carbocycles. The van der Waals surface area contributed by atoms with Crippen LogP contribution in [0.4, 0.5) is 5.69 Å². The third-order valence-electron chi connectivity index (χ3n) is 2.13. The lowest BCUT2D eigenvalue weighted by Gasteiger charge is -2.04. The highest BCUT2D eigenvalue weighted by Crippen LogP contribution is 2.31. The van der Waals surface area contributed by atoms with Crippen LogP contribution < -0.4 is 4.74 Å². The summed E-state index contributed by atoms with van der Waals surface area (Å²) in [6, 6.07) is 1.53. The first-order valence-corrected chi connectivity index (χ1v) is 4.48. The van der Waals surface area contributed by atoms with Gasteiger partial charge in [-0.3, -0.25) is 15.1 Å². The van der Waals surface area contributed by atoms with E-state index in [0.29, 0.717) is 18.3 Å². The minimum Gasteiger partial charge on any atom is -0.486 e. The molecule has 0 saturated heterocycles. The van der Waals surface area contributed by atoms with Crippen LogP contribution in [0.15, 0.2) is 18.5 Å². The van der Waals surface area contributed by atoms with E-state index in [9.17, 15) is 10.1 Å². The summed E-state index contributed by atoms with van der Waals surface area (Å²) in [5, 5.41) is 10.6. The third kappa shape index (κ3) is 1.99. The first-order chi connectivity index (χ1) is 6.77. The zero-order chi connectivity index (χ0) is 9.97. The van der Waals surface area contributed by atoms with Gasteiger partial charge in [-0.2, -0.15) is 0 Å². The van der Waals surface area contributed by atoms with Crippen LogP contribution >= 0.6 is 0 Å². The summed E-state index contributed by atoms with van der Waals surface area (Å²) in [7, 11) is 0. The van der Waals surface area contributed by atoms with Crippen LogP contribution in [-0.2, 0) is 0 Å². The van der Waals surface area contributed by atoms with Crippen LogP contribution in [0.25, 0.3) is 0 Å². The molecule has 74 valence electrons. The molecule has 1 aliphatic rings. The second-order valence-corrected chi connectivity index (χ2v) is 3.35. The van der Waals surface area contributed by atoms with Gasteiger partial charge in [0.25, 0.3) is 0 Å². The molecule has 0 amide bonds. The molecule has 0 bridgehead atoms. The fourth-order valence-corrected chi connectivity index (χ4v) is 1.12. The minimum atomic E-state index is -0.477. The Labute approximate surface area is 80.9 Å². The second-order valence-electron chi connectivity index (χ2n) is 3.35. The molecule has 14 heavy (non-hydrogen) atoms. The molecule has 0 aromatic carbocycles. The Morgan fingerprint density at radius 3 is 3.07 bits per heavy atom. The van der Waals surface area contributed by atoms with Crippen molar-refractivity contribution >= 4 is 5.69 Å². The molecular weight excluding hydrogens is 184 g/mol. The largest absolute Gasteiger partial charge is 0.486 e. The molecule has 1 aromatic heterocycles. The SMILES string of the molecule is O=[N+]([O-])c1cnccc1OCC1CC1. The van der Waals surface area contributed by atoms with E-state index >= 15 is 0 Å². The third-order valence-corrected chi connectivity index (χ3v) is 2.13. The lowest BCUT2D eigenvalue weighted by Crippen LogP contribution is -2.02. The van der Waals surface area contributed by atoms with Crippen LogP contribution in [-0.4, -0.2) is 16.5 Å². The van der Waals surface area contributed by atoms with E-state index in [1.54, 1.807) is 0 Å². The highest BCUT2D eigenvalue weighted by molar-refractivity contribution is 5.42. The average Bonchev–Trinajstić information content (AvgIpc) is 2.98. The fraction of sp³-hybridized carbons (Fsp3) is 0.444. The number of hydrogen-bond acceptors (Lipinski definition) is 4. The Morgan fingerprint density at radius 2 is 2.43 bits per heavy atom. The molecule has 1 aromatic rings. The van der Waals surface area contributed by atoms with Crippen LogP contribution in [0, 0.1) is 16.0 Å². The Kier molecular flexibility index (Phi) is 2.30. The maximum Gasteiger partial charge on any atom is 0.329 e. The lowest BCUT2D eigenvalue weighted by molar-refractivity contribution is -0.386. The molecule has 0 radical (unpaired) electrons. The number of hydrogen-bond donors (Lipinski definition) is 0. The van der Waals surface area contributed by atoms with Crippen LogP contribution in [0.3, 0.4) is 0 Å². The van der Waals surface area contributed by atoms with E-state index in [1.165, 1.54) is 31.3 Å². The van der Waals surface area contributed by atoms with Crippen molar-refractivity contribution < 1.29 is 9.66 Å². The molecule has 1 heterocycles. The zero-order valence-corrected chi connectivity index (χ0v) is 7.55. The first kappa shape index (κ1) is 8.93. The number of nitrogens with zero attached hydrogens (tertiary/aromatic N) is 2. The van der Waals surface area contributed by atoms with E-state index in [4.69, 9.17) is 4.74 Å². The van der Waals surface area contributed by atoms with E-state index in [0.717, 1.165) is 0 Å². The van der Waals surface area contributed by atoms with E-state index < -0.39 is 4.92 Å². The molecule has 2 rings (SSSR count). The molecule has 5 nitrogen and oxygen atoms in total.